The zero-order valence-electron chi connectivity index (χ0n) is 9.17. The molecule has 2 unspecified atom stereocenters. The first-order chi connectivity index (χ1) is 6.51. The van der Waals surface area contributed by atoms with E-state index in [1.807, 2.05) is 0 Å². The largest absolute Gasteiger partial charge is 0.435 e. The lowest BCUT2D eigenvalue weighted by Gasteiger charge is -2.32. The van der Waals surface area contributed by atoms with E-state index in [1.54, 1.807) is 6.26 Å². The van der Waals surface area contributed by atoms with Crippen LogP contribution in [0.1, 0.15) is 40.0 Å². The standard InChI is InChI=1S/C12H18O2/c1-8(13)14-7-11-9-4-5-10(6-9)12(11,2)3/h7,9-10H,4-6H2,1-3H3/b11-7-. The van der Waals surface area contributed by atoms with Gasteiger partial charge in [0.15, 0.2) is 0 Å². The predicted octanol–water partition coefficient (Wildman–Crippen LogP) is 2.89. The summed E-state index contributed by atoms with van der Waals surface area (Å²) < 4.78 is 5.01. The summed E-state index contributed by atoms with van der Waals surface area (Å²) in [6.07, 6.45) is 5.63. The van der Waals surface area contributed by atoms with Gasteiger partial charge in [0.05, 0.1) is 6.26 Å². The number of hydrogen-bond acceptors (Lipinski definition) is 2. The molecule has 0 amide bonds. The van der Waals surface area contributed by atoms with Crippen LogP contribution in [-0.4, -0.2) is 5.97 Å². The summed E-state index contributed by atoms with van der Waals surface area (Å²) in [5, 5.41) is 0. The maximum atomic E-state index is 10.8. The highest BCUT2D eigenvalue weighted by Gasteiger charge is 2.49. The third-order valence-corrected chi connectivity index (χ3v) is 3.99. The fourth-order valence-electron chi connectivity index (χ4n) is 3.08. The Labute approximate surface area is 85.3 Å². The Bertz CT molecular complexity index is 289. The average molecular weight is 194 g/mol. The second kappa shape index (κ2) is 3.11. The van der Waals surface area contributed by atoms with Gasteiger partial charge in [0, 0.05) is 6.92 Å². The van der Waals surface area contributed by atoms with Gasteiger partial charge in [-0.05, 0) is 42.1 Å². The zero-order valence-corrected chi connectivity index (χ0v) is 9.17. The number of esters is 1. The van der Waals surface area contributed by atoms with E-state index in [1.165, 1.54) is 31.8 Å². The van der Waals surface area contributed by atoms with Crippen molar-refractivity contribution in [2.24, 2.45) is 17.3 Å². The SMILES string of the molecule is CC(=O)O/C=C1/C2CCC(C2)C1(C)C. The second-order valence-corrected chi connectivity index (χ2v) is 5.11. The van der Waals surface area contributed by atoms with Crippen LogP contribution in [0.25, 0.3) is 0 Å². The van der Waals surface area contributed by atoms with Crippen LogP contribution in [0.2, 0.25) is 0 Å². The van der Waals surface area contributed by atoms with Crippen LogP contribution in [0.15, 0.2) is 11.8 Å². The highest BCUT2D eigenvalue weighted by molar-refractivity contribution is 5.66. The van der Waals surface area contributed by atoms with Gasteiger partial charge in [-0.1, -0.05) is 13.8 Å². The molecule has 2 heteroatoms. The molecule has 2 rings (SSSR count). The van der Waals surface area contributed by atoms with E-state index in [-0.39, 0.29) is 11.4 Å². The third kappa shape index (κ3) is 1.37. The van der Waals surface area contributed by atoms with Gasteiger partial charge in [0.2, 0.25) is 0 Å². The van der Waals surface area contributed by atoms with Crippen LogP contribution >= 0.6 is 0 Å². The van der Waals surface area contributed by atoms with Crippen molar-refractivity contribution in [3.05, 3.63) is 11.8 Å². The van der Waals surface area contributed by atoms with Crippen molar-refractivity contribution in [2.45, 2.75) is 40.0 Å². The van der Waals surface area contributed by atoms with Crippen LogP contribution in [0.4, 0.5) is 0 Å². The average Bonchev–Trinajstić information content (AvgIpc) is 2.59. The lowest BCUT2D eigenvalue weighted by atomic mass is 9.73. The van der Waals surface area contributed by atoms with Crippen LogP contribution in [0.5, 0.6) is 0 Å². The maximum absolute atomic E-state index is 10.8. The summed E-state index contributed by atoms with van der Waals surface area (Å²) in [5.41, 5.74) is 1.60. The molecule has 0 aromatic carbocycles. The third-order valence-electron chi connectivity index (χ3n) is 3.99. The lowest BCUT2D eigenvalue weighted by Crippen LogP contribution is -2.23. The Kier molecular flexibility index (Phi) is 2.17. The number of hydrogen-bond donors (Lipinski definition) is 0. The topological polar surface area (TPSA) is 26.3 Å². The lowest BCUT2D eigenvalue weighted by molar-refractivity contribution is -0.135. The molecule has 2 aliphatic rings. The number of carbonyl (C=O) groups is 1. The Morgan fingerprint density at radius 3 is 2.71 bits per heavy atom. The minimum atomic E-state index is -0.212. The van der Waals surface area contributed by atoms with E-state index in [9.17, 15) is 4.79 Å². The van der Waals surface area contributed by atoms with Crippen LogP contribution in [-0.2, 0) is 9.53 Å². The van der Waals surface area contributed by atoms with E-state index >= 15 is 0 Å². The summed E-state index contributed by atoms with van der Waals surface area (Å²) >= 11 is 0. The summed E-state index contributed by atoms with van der Waals surface area (Å²) in [5.74, 6) is 1.26. The second-order valence-electron chi connectivity index (χ2n) is 5.11. The molecule has 0 spiro atoms. The summed E-state index contributed by atoms with van der Waals surface area (Å²) in [6, 6.07) is 0. The monoisotopic (exact) mass is 194 g/mol. The molecule has 0 heterocycles. The molecule has 0 aromatic rings. The molecule has 0 aliphatic heterocycles. The van der Waals surface area contributed by atoms with Crippen LogP contribution in [0, 0.1) is 17.3 Å². The normalized spacial score (nSPS) is 36.4. The molecular formula is C12H18O2. The van der Waals surface area contributed by atoms with E-state index in [0.29, 0.717) is 5.92 Å². The van der Waals surface area contributed by atoms with Gasteiger partial charge in [-0.2, -0.15) is 0 Å². The Morgan fingerprint density at radius 1 is 1.50 bits per heavy atom. The number of rotatable bonds is 1. The maximum Gasteiger partial charge on any atom is 0.307 e. The van der Waals surface area contributed by atoms with Crippen molar-refractivity contribution in [1.29, 1.82) is 0 Å². The molecule has 2 nitrogen and oxygen atoms in total. The number of allylic oxidation sites excluding steroid dienone is 1. The van der Waals surface area contributed by atoms with Gasteiger partial charge in [0.25, 0.3) is 0 Å². The molecule has 0 saturated heterocycles. The Balaban J connectivity index is 2.19. The molecule has 2 aliphatic carbocycles. The minimum absolute atomic E-state index is 0.212. The van der Waals surface area contributed by atoms with Gasteiger partial charge < -0.3 is 4.74 Å². The first-order valence-electron chi connectivity index (χ1n) is 5.39. The first kappa shape index (κ1) is 9.75. The van der Waals surface area contributed by atoms with Gasteiger partial charge in [-0.3, -0.25) is 4.79 Å². The molecule has 2 fully saturated rings. The molecular weight excluding hydrogens is 176 g/mol. The number of ether oxygens (including phenoxy) is 1. The Morgan fingerprint density at radius 2 is 2.21 bits per heavy atom. The van der Waals surface area contributed by atoms with E-state index in [0.717, 1.165) is 5.92 Å². The Hall–Kier alpha value is -0.790. The molecule has 78 valence electrons. The van der Waals surface area contributed by atoms with Gasteiger partial charge >= 0.3 is 5.97 Å². The predicted molar refractivity (Wildman–Crippen MR) is 54.5 cm³/mol. The van der Waals surface area contributed by atoms with E-state index in [2.05, 4.69) is 13.8 Å². The fourth-order valence-corrected chi connectivity index (χ4v) is 3.08. The van der Waals surface area contributed by atoms with Gasteiger partial charge in [0.1, 0.15) is 0 Å². The molecule has 0 N–H and O–H groups in total. The van der Waals surface area contributed by atoms with Crippen molar-refractivity contribution >= 4 is 5.97 Å². The summed E-state index contributed by atoms with van der Waals surface area (Å²) in [6.45, 7) is 6.00. The van der Waals surface area contributed by atoms with E-state index in [4.69, 9.17) is 4.74 Å². The molecule has 0 radical (unpaired) electrons. The van der Waals surface area contributed by atoms with Crippen molar-refractivity contribution in [3.63, 3.8) is 0 Å². The van der Waals surface area contributed by atoms with Crippen LogP contribution < -0.4 is 0 Å². The van der Waals surface area contributed by atoms with Crippen molar-refractivity contribution < 1.29 is 9.53 Å². The van der Waals surface area contributed by atoms with Gasteiger partial charge in [-0.15, -0.1) is 0 Å². The molecule has 2 atom stereocenters. The number of fused-ring (bicyclic) bond motifs is 2. The van der Waals surface area contributed by atoms with Crippen molar-refractivity contribution in [3.8, 4) is 0 Å². The summed E-state index contributed by atoms with van der Waals surface area (Å²) in [4.78, 5) is 10.8. The minimum Gasteiger partial charge on any atom is -0.435 e. The smallest absolute Gasteiger partial charge is 0.307 e. The highest BCUT2D eigenvalue weighted by atomic mass is 16.5. The van der Waals surface area contributed by atoms with Crippen LogP contribution in [0.3, 0.4) is 0 Å². The van der Waals surface area contributed by atoms with E-state index < -0.39 is 0 Å². The first-order valence-corrected chi connectivity index (χ1v) is 5.39. The number of carbonyl (C=O) groups excluding carboxylic acids is 1. The van der Waals surface area contributed by atoms with Crippen molar-refractivity contribution in [1.82, 2.24) is 0 Å². The van der Waals surface area contributed by atoms with Crippen molar-refractivity contribution in [2.75, 3.05) is 0 Å². The fraction of sp³-hybridized carbons (Fsp3) is 0.750. The molecule has 2 bridgehead atoms. The quantitative estimate of drug-likeness (QED) is 0.474. The summed E-state index contributed by atoms with van der Waals surface area (Å²) in [7, 11) is 0. The molecule has 2 saturated carbocycles. The highest BCUT2D eigenvalue weighted by Crippen LogP contribution is 2.58. The molecule has 14 heavy (non-hydrogen) atoms. The van der Waals surface area contributed by atoms with Gasteiger partial charge in [-0.25, -0.2) is 0 Å². The molecule has 0 aromatic heterocycles. The zero-order chi connectivity index (χ0) is 10.3.